The van der Waals surface area contributed by atoms with E-state index in [-0.39, 0.29) is 23.7 Å². The standard InChI is InChI=1S/C18H21FN2O2/c1-12(22)13-6-8-21(9-7-13)18(23)17-11-20-10-16(17)14-2-4-15(19)5-3-14/h2-5,10-13,20,22H,6-9H2,1H3. The van der Waals surface area contributed by atoms with Crippen LogP contribution in [0, 0.1) is 11.7 Å². The van der Waals surface area contributed by atoms with Crippen LogP contribution in [0.2, 0.25) is 0 Å². The quantitative estimate of drug-likeness (QED) is 0.914. The van der Waals surface area contributed by atoms with E-state index in [0.29, 0.717) is 18.7 Å². The first kappa shape index (κ1) is 15.7. The number of rotatable bonds is 3. The number of hydrogen-bond donors (Lipinski definition) is 2. The Hall–Kier alpha value is -2.14. The molecule has 122 valence electrons. The van der Waals surface area contributed by atoms with Gasteiger partial charge in [-0.1, -0.05) is 12.1 Å². The predicted octanol–water partition coefficient (Wildman–Crippen LogP) is 3.05. The molecular formula is C18H21FN2O2. The number of aromatic nitrogens is 1. The molecule has 1 aliphatic heterocycles. The Kier molecular flexibility index (Phi) is 4.48. The number of aromatic amines is 1. The molecule has 1 aliphatic rings. The second kappa shape index (κ2) is 6.54. The van der Waals surface area contributed by atoms with E-state index in [9.17, 15) is 14.3 Å². The molecule has 23 heavy (non-hydrogen) atoms. The first-order chi connectivity index (χ1) is 11.1. The maximum atomic E-state index is 13.1. The molecule has 3 rings (SSSR count). The molecule has 2 aromatic rings. The first-order valence-electron chi connectivity index (χ1n) is 7.96. The smallest absolute Gasteiger partial charge is 0.256 e. The number of halogens is 1. The van der Waals surface area contributed by atoms with Crippen molar-refractivity contribution in [3.8, 4) is 11.1 Å². The number of nitrogens with zero attached hydrogens (tertiary/aromatic N) is 1. The monoisotopic (exact) mass is 316 g/mol. The fourth-order valence-corrected chi connectivity index (χ4v) is 3.16. The number of H-pyrrole nitrogens is 1. The Balaban J connectivity index is 1.77. The molecule has 0 aliphatic carbocycles. The summed E-state index contributed by atoms with van der Waals surface area (Å²) in [6.45, 7) is 3.12. The average Bonchev–Trinajstić information content (AvgIpc) is 3.04. The zero-order valence-corrected chi connectivity index (χ0v) is 13.1. The van der Waals surface area contributed by atoms with Crippen LogP contribution < -0.4 is 0 Å². The van der Waals surface area contributed by atoms with Crippen LogP contribution >= 0.6 is 0 Å². The average molecular weight is 316 g/mol. The highest BCUT2D eigenvalue weighted by Gasteiger charge is 2.27. The molecule has 1 aromatic heterocycles. The molecule has 1 atom stereocenters. The molecule has 0 radical (unpaired) electrons. The zero-order chi connectivity index (χ0) is 16.4. The number of nitrogens with one attached hydrogen (secondary N) is 1. The maximum absolute atomic E-state index is 13.1. The topological polar surface area (TPSA) is 56.3 Å². The summed E-state index contributed by atoms with van der Waals surface area (Å²) in [7, 11) is 0. The molecule has 1 saturated heterocycles. The third-order valence-electron chi connectivity index (χ3n) is 4.64. The van der Waals surface area contributed by atoms with Gasteiger partial charge in [0.15, 0.2) is 0 Å². The Labute approximate surface area is 134 Å². The third-order valence-corrected chi connectivity index (χ3v) is 4.64. The Morgan fingerprint density at radius 1 is 1.26 bits per heavy atom. The van der Waals surface area contributed by atoms with Crippen molar-refractivity contribution in [2.75, 3.05) is 13.1 Å². The van der Waals surface area contributed by atoms with Gasteiger partial charge in [0.05, 0.1) is 11.7 Å². The zero-order valence-electron chi connectivity index (χ0n) is 13.1. The number of carbonyl (C=O) groups excluding carboxylic acids is 1. The minimum Gasteiger partial charge on any atom is -0.393 e. The van der Waals surface area contributed by atoms with E-state index in [2.05, 4.69) is 4.98 Å². The van der Waals surface area contributed by atoms with Crippen molar-refractivity contribution in [3.05, 3.63) is 48.0 Å². The number of aliphatic hydroxyl groups is 1. The summed E-state index contributed by atoms with van der Waals surface area (Å²) >= 11 is 0. The lowest BCUT2D eigenvalue weighted by atomic mass is 9.91. The summed E-state index contributed by atoms with van der Waals surface area (Å²) in [6, 6.07) is 6.14. The molecule has 5 heteroatoms. The van der Waals surface area contributed by atoms with Gasteiger partial charge in [-0.25, -0.2) is 4.39 Å². The molecular weight excluding hydrogens is 295 g/mol. The van der Waals surface area contributed by atoms with Crippen LogP contribution in [0.1, 0.15) is 30.1 Å². The van der Waals surface area contributed by atoms with Crippen molar-refractivity contribution in [1.29, 1.82) is 0 Å². The van der Waals surface area contributed by atoms with Crippen LogP contribution in [0.5, 0.6) is 0 Å². The van der Waals surface area contributed by atoms with Crippen LogP contribution in [0.15, 0.2) is 36.7 Å². The van der Waals surface area contributed by atoms with Crippen molar-refractivity contribution in [3.63, 3.8) is 0 Å². The maximum Gasteiger partial charge on any atom is 0.256 e. The minimum atomic E-state index is -0.325. The van der Waals surface area contributed by atoms with Gasteiger partial charge < -0.3 is 15.0 Å². The molecule has 1 amide bonds. The Morgan fingerprint density at radius 2 is 1.91 bits per heavy atom. The fraction of sp³-hybridized carbons (Fsp3) is 0.389. The summed E-state index contributed by atoms with van der Waals surface area (Å²) in [5, 5.41) is 9.66. The number of hydrogen-bond acceptors (Lipinski definition) is 2. The van der Waals surface area contributed by atoms with E-state index < -0.39 is 0 Å². The van der Waals surface area contributed by atoms with Crippen LogP contribution in [-0.4, -0.2) is 40.1 Å². The molecule has 1 aromatic carbocycles. The summed E-state index contributed by atoms with van der Waals surface area (Å²) in [6.07, 6.45) is 4.78. The molecule has 0 spiro atoms. The van der Waals surface area contributed by atoms with Crippen molar-refractivity contribution in [2.24, 2.45) is 5.92 Å². The normalized spacial score (nSPS) is 17.3. The number of aliphatic hydroxyl groups excluding tert-OH is 1. The second-order valence-electron chi connectivity index (χ2n) is 6.16. The first-order valence-corrected chi connectivity index (χ1v) is 7.96. The lowest BCUT2D eigenvalue weighted by Crippen LogP contribution is -2.40. The molecule has 1 unspecified atom stereocenters. The van der Waals surface area contributed by atoms with E-state index in [1.54, 1.807) is 31.5 Å². The third kappa shape index (κ3) is 3.29. The molecule has 4 nitrogen and oxygen atoms in total. The van der Waals surface area contributed by atoms with Gasteiger partial charge in [-0.2, -0.15) is 0 Å². The number of benzene rings is 1. The Morgan fingerprint density at radius 3 is 2.52 bits per heavy atom. The second-order valence-corrected chi connectivity index (χ2v) is 6.16. The van der Waals surface area contributed by atoms with Gasteiger partial charge in [-0.05, 0) is 43.4 Å². The van der Waals surface area contributed by atoms with Gasteiger partial charge in [0, 0.05) is 31.0 Å². The highest BCUT2D eigenvalue weighted by molar-refractivity contribution is 6.00. The summed E-state index contributed by atoms with van der Waals surface area (Å²) in [5.41, 5.74) is 2.20. The van der Waals surface area contributed by atoms with E-state index in [0.717, 1.165) is 24.0 Å². The van der Waals surface area contributed by atoms with Crippen LogP contribution in [0.3, 0.4) is 0 Å². The number of likely N-dealkylation sites (tertiary alicyclic amines) is 1. The number of amides is 1. The fourth-order valence-electron chi connectivity index (χ4n) is 3.16. The minimum absolute atomic E-state index is 0.0189. The summed E-state index contributed by atoms with van der Waals surface area (Å²) < 4.78 is 13.1. The highest BCUT2D eigenvalue weighted by Crippen LogP contribution is 2.27. The van der Waals surface area contributed by atoms with Gasteiger partial charge in [-0.3, -0.25) is 4.79 Å². The van der Waals surface area contributed by atoms with Crippen molar-refractivity contribution in [2.45, 2.75) is 25.9 Å². The SMILES string of the molecule is CC(O)C1CCN(C(=O)c2c[nH]cc2-c2ccc(F)cc2)CC1. The molecule has 0 bridgehead atoms. The number of carbonyl (C=O) groups is 1. The van der Waals surface area contributed by atoms with Crippen molar-refractivity contribution < 1.29 is 14.3 Å². The summed E-state index contributed by atoms with van der Waals surface area (Å²) in [4.78, 5) is 17.6. The van der Waals surface area contributed by atoms with Crippen molar-refractivity contribution in [1.82, 2.24) is 9.88 Å². The highest BCUT2D eigenvalue weighted by atomic mass is 19.1. The van der Waals surface area contributed by atoms with E-state index >= 15 is 0 Å². The van der Waals surface area contributed by atoms with Gasteiger partial charge in [0.25, 0.3) is 5.91 Å². The van der Waals surface area contributed by atoms with Crippen molar-refractivity contribution >= 4 is 5.91 Å². The van der Waals surface area contributed by atoms with E-state index in [4.69, 9.17) is 0 Å². The lowest BCUT2D eigenvalue weighted by Gasteiger charge is -2.33. The molecule has 2 N–H and O–H groups in total. The number of piperidine rings is 1. The van der Waals surface area contributed by atoms with Gasteiger partial charge in [-0.15, -0.1) is 0 Å². The lowest BCUT2D eigenvalue weighted by molar-refractivity contribution is 0.0522. The van der Waals surface area contributed by atoms with Crippen LogP contribution in [0.4, 0.5) is 4.39 Å². The largest absolute Gasteiger partial charge is 0.393 e. The summed E-state index contributed by atoms with van der Waals surface area (Å²) in [5.74, 6) is -0.0474. The molecule has 0 saturated carbocycles. The molecule has 2 heterocycles. The predicted molar refractivity (Wildman–Crippen MR) is 86.5 cm³/mol. The van der Waals surface area contributed by atoms with E-state index in [1.807, 2.05) is 4.90 Å². The van der Waals surface area contributed by atoms with Crippen LogP contribution in [-0.2, 0) is 0 Å². The van der Waals surface area contributed by atoms with Gasteiger partial charge in [0.1, 0.15) is 5.82 Å². The Bertz CT molecular complexity index is 671. The van der Waals surface area contributed by atoms with Crippen LogP contribution in [0.25, 0.3) is 11.1 Å². The van der Waals surface area contributed by atoms with Gasteiger partial charge in [0.2, 0.25) is 0 Å². The van der Waals surface area contributed by atoms with E-state index in [1.165, 1.54) is 12.1 Å². The van der Waals surface area contributed by atoms with Gasteiger partial charge >= 0.3 is 0 Å². The molecule has 1 fully saturated rings.